The van der Waals surface area contributed by atoms with Gasteiger partial charge in [-0.15, -0.1) is 0 Å². The molecular weight excluding hydrogens is 136 g/mol. The first-order valence-corrected chi connectivity index (χ1v) is 4.92. The van der Waals surface area contributed by atoms with Crippen molar-refractivity contribution in [2.24, 2.45) is 23.7 Å². The van der Waals surface area contributed by atoms with Crippen LogP contribution in [-0.4, -0.2) is 11.2 Å². The fraction of sp³-hybridized carbons (Fsp3) is 1.00. The second-order valence-corrected chi connectivity index (χ2v) is 4.41. The average Bonchev–Trinajstić information content (AvgIpc) is 2.53. The van der Waals surface area contributed by atoms with Crippen LogP contribution in [-0.2, 0) is 0 Å². The van der Waals surface area contributed by atoms with Crippen molar-refractivity contribution < 1.29 is 5.11 Å². The molecule has 0 aromatic rings. The zero-order valence-corrected chi connectivity index (χ0v) is 7.46. The van der Waals surface area contributed by atoms with E-state index in [-0.39, 0.29) is 6.10 Å². The Kier molecular flexibility index (Phi) is 1.71. The zero-order valence-electron chi connectivity index (χ0n) is 7.46. The Morgan fingerprint density at radius 2 is 2.09 bits per heavy atom. The number of hydrogen-bond acceptors (Lipinski definition) is 1. The molecule has 0 saturated heterocycles. The van der Waals surface area contributed by atoms with Gasteiger partial charge in [-0.05, 0) is 36.5 Å². The highest BCUT2D eigenvalue weighted by atomic mass is 16.3. The molecule has 64 valence electrons. The van der Waals surface area contributed by atoms with Crippen molar-refractivity contribution in [3.63, 3.8) is 0 Å². The first kappa shape index (κ1) is 7.60. The van der Waals surface area contributed by atoms with E-state index in [4.69, 9.17) is 0 Å². The third-order valence-corrected chi connectivity index (χ3v) is 4.01. The van der Waals surface area contributed by atoms with Crippen LogP contribution in [0.4, 0.5) is 0 Å². The summed E-state index contributed by atoms with van der Waals surface area (Å²) in [6.45, 7) is 4.50. The van der Waals surface area contributed by atoms with Gasteiger partial charge >= 0.3 is 0 Å². The quantitative estimate of drug-likeness (QED) is 0.613. The lowest BCUT2D eigenvalue weighted by atomic mass is 9.79. The normalized spacial score (nSPS) is 55.4. The van der Waals surface area contributed by atoms with Gasteiger partial charge in [-0.2, -0.15) is 0 Å². The van der Waals surface area contributed by atoms with Gasteiger partial charge in [0, 0.05) is 0 Å². The molecule has 0 heterocycles. The minimum Gasteiger partial charge on any atom is -0.393 e. The largest absolute Gasteiger partial charge is 0.393 e. The molecule has 1 heteroatoms. The van der Waals surface area contributed by atoms with E-state index >= 15 is 0 Å². The van der Waals surface area contributed by atoms with Crippen LogP contribution in [0, 0.1) is 23.7 Å². The van der Waals surface area contributed by atoms with Gasteiger partial charge in [0.1, 0.15) is 0 Å². The van der Waals surface area contributed by atoms with Crippen molar-refractivity contribution in [3.05, 3.63) is 0 Å². The Hall–Kier alpha value is -0.0400. The summed E-state index contributed by atoms with van der Waals surface area (Å²) in [6, 6.07) is 0. The molecule has 2 bridgehead atoms. The molecule has 1 N–H and O–H groups in total. The van der Waals surface area contributed by atoms with Crippen molar-refractivity contribution in [2.75, 3.05) is 0 Å². The number of aliphatic hydroxyl groups is 1. The number of hydrogen-bond donors (Lipinski definition) is 1. The molecule has 2 aliphatic rings. The Labute approximate surface area is 68.8 Å². The zero-order chi connectivity index (χ0) is 8.01. The smallest absolute Gasteiger partial charge is 0.0596 e. The fourth-order valence-electron chi connectivity index (χ4n) is 3.28. The van der Waals surface area contributed by atoms with Crippen molar-refractivity contribution >= 4 is 0 Å². The van der Waals surface area contributed by atoms with Crippen molar-refractivity contribution in [1.82, 2.24) is 0 Å². The SMILES string of the molecule is CCC1CC2CC1C(C)C2O. The number of aliphatic hydroxyl groups excluding tert-OH is 1. The number of fused-ring (bicyclic) bond motifs is 2. The molecule has 2 saturated carbocycles. The molecule has 2 fully saturated rings. The average molecular weight is 154 g/mol. The van der Waals surface area contributed by atoms with Crippen molar-refractivity contribution in [1.29, 1.82) is 0 Å². The number of rotatable bonds is 1. The first-order chi connectivity index (χ1) is 5.24. The summed E-state index contributed by atoms with van der Waals surface area (Å²) >= 11 is 0. The third-order valence-electron chi connectivity index (χ3n) is 4.01. The summed E-state index contributed by atoms with van der Waals surface area (Å²) in [5, 5.41) is 9.70. The highest BCUT2D eigenvalue weighted by Crippen LogP contribution is 2.52. The van der Waals surface area contributed by atoms with Crippen molar-refractivity contribution in [3.8, 4) is 0 Å². The Morgan fingerprint density at radius 3 is 2.55 bits per heavy atom. The van der Waals surface area contributed by atoms with Crippen LogP contribution in [0.5, 0.6) is 0 Å². The second kappa shape index (κ2) is 2.48. The summed E-state index contributed by atoms with van der Waals surface area (Å²) in [6.07, 6.45) is 3.95. The Balaban J connectivity index is 2.10. The van der Waals surface area contributed by atoms with Crippen molar-refractivity contribution in [2.45, 2.75) is 39.2 Å². The van der Waals surface area contributed by atoms with Gasteiger partial charge in [-0.1, -0.05) is 20.3 Å². The van der Waals surface area contributed by atoms with Crippen LogP contribution in [0.25, 0.3) is 0 Å². The molecule has 0 aromatic heterocycles. The summed E-state index contributed by atoms with van der Waals surface area (Å²) in [5.74, 6) is 3.01. The maximum Gasteiger partial charge on any atom is 0.0596 e. The highest BCUT2D eigenvalue weighted by Gasteiger charge is 2.48. The van der Waals surface area contributed by atoms with Crippen LogP contribution < -0.4 is 0 Å². The monoisotopic (exact) mass is 154 g/mol. The van der Waals surface area contributed by atoms with E-state index in [2.05, 4.69) is 13.8 Å². The fourth-order valence-corrected chi connectivity index (χ4v) is 3.28. The van der Waals surface area contributed by atoms with Gasteiger partial charge in [0.25, 0.3) is 0 Å². The highest BCUT2D eigenvalue weighted by molar-refractivity contribution is 4.98. The van der Waals surface area contributed by atoms with E-state index in [0.717, 1.165) is 11.8 Å². The lowest BCUT2D eigenvalue weighted by molar-refractivity contribution is 0.0459. The summed E-state index contributed by atoms with van der Waals surface area (Å²) in [7, 11) is 0. The Morgan fingerprint density at radius 1 is 1.36 bits per heavy atom. The van der Waals surface area contributed by atoms with E-state index in [1.54, 1.807) is 0 Å². The van der Waals surface area contributed by atoms with E-state index in [1.165, 1.54) is 19.3 Å². The standard InChI is InChI=1S/C10H18O/c1-3-7-4-8-5-9(7)6(2)10(8)11/h6-11H,3-5H2,1-2H3. The van der Waals surface area contributed by atoms with Gasteiger partial charge in [-0.25, -0.2) is 0 Å². The summed E-state index contributed by atoms with van der Waals surface area (Å²) in [5.41, 5.74) is 0. The maximum absolute atomic E-state index is 9.70. The molecule has 0 aromatic carbocycles. The summed E-state index contributed by atoms with van der Waals surface area (Å²) in [4.78, 5) is 0. The molecule has 1 nitrogen and oxygen atoms in total. The molecular formula is C10H18O. The van der Waals surface area contributed by atoms with Gasteiger partial charge in [0.05, 0.1) is 6.10 Å². The van der Waals surface area contributed by atoms with Crippen LogP contribution in [0.2, 0.25) is 0 Å². The van der Waals surface area contributed by atoms with E-state index in [1.807, 2.05) is 0 Å². The molecule has 0 spiro atoms. The molecule has 2 rings (SSSR count). The van der Waals surface area contributed by atoms with Crippen LogP contribution in [0.3, 0.4) is 0 Å². The van der Waals surface area contributed by atoms with Crippen LogP contribution in [0.15, 0.2) is 0 Å². The van der Waals surface area contributed by atoms with Gasteiger partial charge in [0.15, 0.2) is 0 Å². The molecule has 11 heavy (non-hydrogen) atoms. The summed E-state index contributed by atoms with van der Waals surface area (Å²) < 4.78 is 0. The molecule has 0 aliphatic heterocycles. The molecule has 5 unspecified atom stereocenters. The predicted octanol–water partition coefficient (Wildman–Crippen LogP) is 2.05. The lowest BCUT2D eigenvalue weighted by Gasteiger charge is -2.29. The molecule has 0 amide bonds. The van der Waals surface area contributed by atoms with E-state index < -0.39 is 0 Å². The lowest BCUT2D eigenvalue weighted by Crippen LogP contribution is -2.29. The van der Waals surface area contributed by atoms with E-state index in [9.17, 15) is 5.11 Å². The molecule has 2 aliphatic carbocycles. The topological polar surface area (TPSA) is 20.2 Å². The van der Waals surface area contributed by atoms with Crippen LogP contribution in [0.1, 0.15) is 33.1 Å². The van der Waals surface area contributed by atoms with Gasteiger partial charge < -0.3 is 5.11 Å². The third kappa shape index (κ3) is 0.936. The van der Waals surface area contributed by atoms with Gasteiger partial charge in [-0.3, -0.25) is 0 Å². The van der Waals surface area contributed by atoms with Crippen LogP contribution >= 0.6 is 0 Å². The molecule has 5 atom stereocenters. The Bertz CT molecular complexity index is 149. The first-order valence-electron chi connectivity index (χ1n) is 4.92. The molecule has 0 radical (unpaired) electrons. The minimum atomic E-state index is 0.0304. The maximum atomic E-state index is 9.70. The van der Waals surface area contributed by atoms with Gasteiger partial charge in [0.2, 0.25) is 0 Å². The second-order valence-electron chi connectivity index (χ2n) is 4.41. The predicted molar refractivity (Wildman–Crippen MR) is 45.2 cm³/mol. The van der Waals surface area contributed by atoms with E-state index in [0.29, 0.717) is 11.8 Å². The minimum absolute atomic E-state index is 0.0304.